The molecular formula is C19H13N3O3. The van der Waals surface area contributed by atoms with Crippen molar-refractivity contribution >= 4 is 22.5 Å². The molecule has 1 N–H and O–H groups in total. The number of hydrogen-bond donors (Lipinski definition) is 1. The van der Waals surface area contributed by atoms with Gasteiger partial charge >= 0.3 is 0 Å². The van der Waals surface area contributed by atoms with Crippen molar-refractivity contribution in [3.8, 4) is 5.69 Å². The molecule has 25 heavy (non-hydrogen) atoms. The van der Waals surface area contributed by atoms with E-state index in [0.717, 1.165) is 0 Å². The molecule has 0 spiro atoms. The van der Waals surface area contributed by atoms with E-state index in [9.17, 15) is 9.59 Å². The summed E-state index contributed by atoms with van der Waals surface area (Å²) in [6, 6.07) is 19.3. The third kappa shape index (κ3) is 2.70. The number of nitrogens with one attached hydrogen (secondary N) is 1. The first kappa shape index (κ1) is 14.9. The molecular weight excluding hydrogens is 318 g/mol. The zero-order valence-electron chi connectivity index (χ0n) is 13.0. The quantitative estimate of drug-likeness (QED) is 0.625. The van der Waals surface area contributed by atoms with Crippen LogP contribution in [0, 0.1) is 0 Å². The van der Waals surface area contributed by atoms with Crippen LogP contribution in [-0.4, -0.2) is 15.7 Å². The second kappa shape index (κ2) is 6.09. The Balaban J connectivity index is 1.90. The number of hydrogen-bond acceptors (Lipinski definition) is 4. The number of rotatable bonds is 3. The molecule has 2 aromatic carbocycles. The lowest BCUT2D eigenvalue weighted by atomic mass is 10.2. The van der Waals surface area contributed by atoms with E-state index in [1.807, 2.05) is 18.2 Å². The molecule has 0 aliphatic heterocycles. The van der Waals surface area contributed by atoms with E-state index in [4.69, 9.17) is 4.42 Å². The van der Waals surface area contributed by atoms with Crippen LogP contribution in [0.2, 0.25) is 0 Å². The number of nitrogens with zero attached hydrogens (tertiary/aromatic N) is 2. The molecule has 0 unspecified atom stereocenters. The van der Waals surface area contributed by atoms with Crippen LogP contribution in [0.4, 0.5) is 5.82 Å². The molecule has 0 fully saturated rings. The minimum atomic E-state index is -0.430. The number of benzene rings is 2. The summed E-state index contributed by atoms with van der Waals surface area (Å²) in [5, 5.41) is 8.11. The Kier molecular flexibility index (Phi) is 3.63. The van der Waals surface area contributed by atoms with Gasteiger partial charge in [-0.15, -0.1) is 5.10 Å². The number of aromatic nitrogens is 2. The number of anilines is 1. The normalized spacial score (nSPS) is 10.7. The van der Waals surface area contributed by atoms with Crippen LogP contribution in [0.1, 0.15) is 10.6 Å². The van der Waals surface area contributed by atoms with Gasteiger partial charge in [-0.2, -0.15) is 4.68 Å². The van der Waals surface area contributed by atoms with Gasteiger partial charge in [0.2, 0.25) is 0 Å². The monoisotopic (exact) mass is 331 g/mol. The summed E-state index contributed by atoms with van der Waals surface area (Å²) >= 11 is 0. The second-order valence-electron chi connectivity index (χ2n) is 5.38. The van der Waals surface area contributed by atoms with E-state index in [2.05, 4.69) is 10.4 Å². The molecule has 2 aromatic heterocycles. The number of para-hydroxylation sites is 1. The summed E-state index contributed by atoms with van der Waals surface area (Å²) in [6.45, 7) is 0. The van der Waals surface area contributed by atoms with Crippen molar-refractivity contribution in [2.75, 3.05) is 5.32 Å². The first-order valence-corrected chi connectivity index (χ1v) is 7.66. The molecule has 122 valence electrons. The first-order chi connectivity index (χ1) is 12.2. The molecule has 0 saturated heterocycles. The van der Waals surface area contributed by atoms with Crippen LogP contribution >= 0.6 is 0 Å². The van der Waals surface area contributed by atoms with Crippen molar-refractivity contribution in [1.82, 2.24) is 9.78 Å². The second-order valence-corrected chi connectivity index (χ2v) is 5.38. The van der Waals surface area contributed by atoms with Crippen molar-refractivity contribution in [2.24, 2.45) is 0 Å². The number of fused-ring (bicyclic) bond motifs is 1. The summed E-state index contributed by atoms with van der Waals surface area (Å²) in [6.07, 6.45) is 1.42. The van der Waals surface area contributed by atoms with Crippen LogP contribution in [0.5, 0.6) is 0 Å². The molecule has 1 amide bonds. The van der Waals surface area contributed by atoms with E-state index in [-0.39, 0.29) is 11.3 Å². The molecule has 0 saturated carbocycles. The highest BCUT2D eigenvalue weighted by Gasteiger charge is 2.15. The average Bonchev–Trinajstić information content (AvgIpc) is 3.20. The molecule has 4 rings (SSSR count). The molecule has 0 aliphatic rings. The maximum absolute atomic E-state index is 12.8. The van der Waals surface area contributed by atoms with E-state index in [0.29, 0.717) is 22.3 Å². The van der Waals surface area contributed by atoms with Gasteiger partial charge in [0.15, 0.2) is 11.6 Å². The Bertz CT molecular complexity index is 1100. The fourth-order valence-electron chi connectivity index (χ4n) is 2.60. The fourth-order valence-corrected chi connectivity index (χ4v) is 2.60. The third-order valence-electron chi connectivity index (χ3n) is 3.78. The van der Waals surface area contributed by atoms with Crippen LogP contribution in [0.3, 0.4) is 0 Å². The summed E-state index contributed by atoms with van der Waals surface area (Å²) < 4.78 is 6.39. The number of carbonyl (C=O) groups excluding carboxylic acids is 1. The summed E-state index contributed by atoms with van der Waals surface area (Å²) in [5.74, 6) is 0.0321. The standard InChI is InChI=1S/C19H13N3O3/c23-18(16-11-6-12-25-16)20-17-14-9-4-5-10-15(14)19(24)22(21-17)13-7-2-1-3-8-13/h1-12H,(H,20,21,23). The van der Waals surface area contributed by atoms with E-state index in [1.165, 1.54) is 10.9 Å². The summed E-state index contributed by atoms with van der Waals surface area (Å²) in [4.78, 5) is 25.1. The van der Waals surface area contributed by atoms with Crippen LogP contribution in [0.25, 0.3) is 16.5 Å². The number of furan rings is 1. The van der Waals surface area contributed by atoms with Gasteiger partial charge in [0.1, 0.15) is 0 Å². The van der Waals surface area contributed by atoms with Gasteiger partial charge in [-0.25, -0.2) is 0 Å². The van der Waals surface area contributed by atoms with Crippen molar-refractivity contribution in [2.45, 2.75) is 0 Å². The molecule has 0 atom stereocenters. The predicted molar refractivity (Wildman–Crippen MR) is 94.0 cm³/mol. The number of amides is 1. The number of carbonyl (C=O) groups is 1. The van der Waals surface area contributed by atoms with E-state index >= 15 is 0 Å². The molecule has 2 heterocycles. The summed E-state index contributed by atoms with van der Waals surface area (Å²) in [5.41, 5.74) is 0.365. The smallest absolute Gasteiger partial charge is 0.292 e. The Morgan fingerprint density at radius 2 is 1.64 bits per heavy atom. The maximum Gasteiger partial charge on any atom is 0.292 e. The van der Waals surface area contributed by atoms with Crippen LogP contribution < -0.4 is 10.9 Å². The van der Waals surface area contributed by atoms with Crippen molar-refractivity contribution in [3.63, 3.8) is 0 Å². The first-order valence-electron chi connectivity index (χ1n) is 7.66. The van der Waals surface area contributed by atoms with Crippen molar-refractivity contribution in [3.05, 3.63) is 89.1 Å². The van der Waals surface area contributed by atoms with Gasteiger partial charge in [-0.1, -0.05) is 36.4 Å². The van der Waals surface area contributed by atoms with Gasteiger partial charge < -0.3 is 9.73 Å². The highest BCUT2D eigenvalue weighted by molar-refractivity contribution is 6.06. The minimum absolute atomic E-state index is 0.170. The lowest BCUT2D eigenvalue weighted by Gasteiger charge is -2.11. The Morgan fingerprint density at radius 1 is 0.920 bits per heavy atom. The topological polar surface area (TPSA) is 77.1 Å². The van der Waals surface area contributed by atoms with Gasteiger partial charge in [0, 0.05) is 5.39 Å². The zero-order valence-corrected chi connectivity index (χ0v) is 13.0. The molecule has 0 bridgehead atoms. The van der Waals surface area contributed by atoms with Gasteiger partial charge in [0.25, 0.3) is 11.5 Å². The van der Waals surface area contributed by atoms with Gasteiger partial charge in [-0.05, 0) is 30.3 Å². The van der Waals surface area contributed by atoms with Crippen molar-refractivity contribution in [1.29, 1.82) is 0 Å². The zero-order chi connectivity index (χ0) is 17.2. The van der Waals surface area contributed by atoms with E-state index < -0.39 is 5.91 Å². The highest BCUT2D eigenvalue weighted by Crippen LogP contribution is 2.20. The van der Waals surface area contributed by atoms with Crippen molar-refractivity contribution < 1.29 is 9.21 Å². The Morgan fingerprint density at radius 3 is 2.36 bits per heavy atom. The van der Waals surface area contributed by atoms with Crippen LogP contribution in [-0.2, 0) is 0 Å². The largest absolute Gasteiger partial charge is 0.459 e. The molecule has 0 aliphatic carbocycles. The molecule has 0 radical (unpaired) electrons. The Hall–Kier alpha value is -3.67. The van der Waals surface area contributed by atoms with Gasteiger partial charge in [0.05, 0.1) is 17.3 Å². The minimum Gasteiger partial charge on any atom is -0.459 e. The lowest BCUT2D eigenvalue weighted by molar-refractivity contribution is 0.0996. The van der Waals surface area contributed by atoms with E-state index in [1.54, 1.807) is 48.5 Å². The SMILES string of the molecule is O=C(Nc1nn(-c2ccccc2)c(=O)c2ccccc12)c1ccco1. The van der Waals surface area contributed by atoms with Gasteiger partial charge in [-0.3, -0.25) is 9.59 Å². The lowest BCUT2D eigenvalue weighted by Crippen LogP contribution is -2.24. The Labute approximate surface area is 142 Å². The molecule has 6 heteroatoms. The molecule has 4 aromatic rings. The fraction of sp³-hybridized carbons (Fsp3) is 0. The predicted octanol–water partition coefficient (Wildman–Crippen LogP) is 3.23. The maximum atomic E-state index is 12.8. The molecule has 6 nitrogen and oxygen atoms in total. The third-order valence-corrected chi connectivity index (χ3v) is 3.78. The average molecular weight is 331 g/mol. The summed E-state index contributed by atoms with van der Waals surface area (Å²) in [7, 11) is 0. The highest BCUT2D eigenvalue weighted by atomic mass is 16.3. The van der Waals surface area contributed by atoms with Crippen LogP contribution in [0.15, 0.2) is 82.2 Å².